The Morgan fingerprint density at radius 1 is 1.13 bits per heavy atom. The Labute approximate surface area is 179 Å². The molecule has 7 heteroatoms. The summed E-state index contributed by atoms with van der Waals surface area (Å²) in [6, 6.07) is 14.8. The number of nitrogens with one attached hydrogen (secondary N) is 2. The summed E-state index contributed by atoms with van der Waals surface area (Å²) in [5.74, 6) is 2.43. The predicted octanol–water partition coefficient (Wildman–Crippen LogP) is 2.71. The molecule has 0 bridgehead atoms. The minimum absolute atomic E-state index is 0.321. The van der Waals surface area contributed by atoms with Crippen LogP contribution < -0.4 is 29.9 Å². The summed E-state index contributed by atoms with van der Waals surface area (Å²) in [6.45, 7) is 2.59. The minimum Gasteiger partial charge on any atom is -0.497 e. The molecular formula is C23H33N5O2. The van der Waals surface area contributed by atoms with E-state index in [1.807, 2.05) is 13.1 Å². The molecule has 0 saturated carbocycles. The Morgan fingerprint density at radius 3 is 2.50 bits per heavy atom. The number of benzene rings is 2. The summed E-state index contributed by atoms with van der Waals surface area (Å²) in [7, 11) is 9.27. The van der Waals surface area contributed by atoms with Gasteiger partial charge in [-0.3, -0.25) is 4.99 Å². The van der Waals surface area contributed by atoms with Crippen molar-refractivity contribution in [1.82, 2.24) is 10.6 Å². The molecule has 1 aliphatic rings. The van der Waals surface area contributed by atoms with E-state index in [0.717, 1.165) is 49.2 Å². The zero-order valence-electron chi connectivity index (χ0n) is 18.6. The lowest BCUT2D eigenvalue weighted by Gasteiger charge is -2.21. The second kappa shape index (κ2) is 10.1. The molecule has 1 unspecified atom stereocenters. The molecule has 7 nitrogen and oxygen atoms in total. The number of guanidine groups is 1. The third-order valence-electron chi connectivity index (χ3n) is 5.34. The molecule has 0 spiro atoms. The minimum atomic E-state index is 0.321. The normalized spacial score (nSPS) is 16.4. The lowest BCUT2D eigenvalue weighted by atomic mass is 10.2. The van der Waals surface area contributed by atoms with Gasteiger partial charge in [0.05, 0.1) is 14.2 Å². The maximum Gasteiger partial charge on any atom is 0.191 e. The van der Waals surface area contributed by atoms with Crippen molar-refractivity contribution in [2.45, 2.75) is 19.0 Å². The lowest BCUT2D eigenvalue weighted by molar-refractivity contribution is 0.394. The van der Waals surface area contributed by atoms with Crippen LogP contribution in [0, 0.1) is 0 Å². The lowest BCUT2D eigenvalue weighted by Crippen LogP contribution is -2.44. The number of hydrogen-bond acceptors (Lipinski definition) is 5. The fourth-order valence-electron chi connectivity index (χ4n) is 3.61. The van der Waals surface area contributed by atoms with Gasteiger partial charge in [0, 0.05) is 76.4 Å². The van der Waals surface area contributed by atoms with Crippen LogP contribution in [0.5, 0.6) is 11.5 Å². The topological polar surface area (TPSA) is 61.4 Å². The Bertz CT molecular complexity index is 846. The summed E-state index contributed by atoms with van der Waals surface area (Å²) in [5.41, 5.74) is 3.53. The van der Waals surface area contributed by atoms with Crippen LogP contribution in [-0.4, -0.2) is 60.5 Å². The number of ether oxygens (including phenoxy) is 2. The Kier molecular flexibility index (Phi) is 7.27. The van der Waals surface area contributed by atoms with E-state index in [9.17, 15) is 0 Å². The SMILES string of the molecule is CN=C(NCc1cccc(N(C)C)c1)NC1CCN(c2cc(OC)cc(OC)c2)C1. The molecule has 0 aliphatic carbocycles. The summed E-state index contributed by atoms with van der Waals surface area (Å²) in [5, 5.41) is 6.99. The molecule has 30 heavy (non-hydrogen) atoms. The number of anilines is 2. The summed E-state index contributed by atoms with van der Waals surface area (Å²) in [4.78, 5) is 8.85. The molecule has 1 heterocycles. The van der Waals surface area contributed by atoms with Gasteiger partial charge in [-0.05, 0) is 24.1 Å². The van der Waals surface area contributed by atoms with Gasteiger partial charge in [0.2, 0.25) is 0 Å². The van der Waals surface area contributed by atoms with Crippen LogP contribution in [-0.2, 0) is 6.54 Å². The Hall–Kier alpha value is -3.09. The summed E-state index contributed by atoms with van der Waals surface area (Å²) in [6.07, 6.45) is 1.04. The van der Waals surface area contributed by atoms with Gasteiger partial charge in [0.15, 0.2) is 5.96 Å². The fourth-order valence-corrected chi connectivity index (χ4v) is 3.61. The number of rotatable bonds is 7. The van der Waals surface area contributed by atoms with Gasteiger partial charge in [-0.15, -0.1) is 0 Å². The van der Waals surface area contributed by atoms with Crippen LogP contribution in [0.2, 0.25) is 0 Å². The summed E-state index contributed by atoms with van der Waals surface area (Å²) < 4.78 is 10.8. The monoisotopic (exact) mass is 411 g/mol. The molecule has 2 N–H and O–H groups in total. The van der Waals surface area contributed by atoms with Crippen molar-refractivity contribution < 1.29 is 9.47 Å². The fraction of sp³-hybridized carbons (Fsp3) is 0.435. The number of aliphatic imine (C=N–C) groups is 1. The van der Waals surface area contributed by atoms with Gasteiger partial charge >= 0.3 is 0 Å². The molecule has 1 saturated heterocycles. The molecule has 3 rings (SSSR count). The van der Waals surface area contributed by atoms with Crippen molar-refractivity contribution in [1.29, 1.82) is 0 Å². The van der Waals surface area contributed by atoms with Crippen LogP contribution >= 0.6 is 0 Å². The van der Waals surface area contributed by atoms with Gasteiger partial charge in [0.1, 0.15) is 11.5 Å². The number of nitrogens with zero attached hydrogens (tertiary/aromatic N) is 3. The Balaban J connectivity index is 1.57. The zero-order valence-corrected chi connectivity index (χ0v) is 18.6. The van der Waals surface area contributed by atoms with Gasteiger partial charge < -0.3 is 29.9 Å². The average Bonchev–Trinajstić information content (AvgIpc) is 3.25. The van der Waals surface area contributed by atoms with Gasteiger partial charge in [-0.1, -0.05) is 12.1 Å². The van der Waals surface area contributed by atoms with Crippen LogP contribution in [0.25, 0.3) is 0 Å². The first-order chi connectivity index (χ1) is 14.5. The third-order valence-corrected chi connectivity index (χ3v) is 5.34. The largest absolute Gasteiger partial charge is 0.497 e. The van der Waals surface area contributed by atoms with Crippen LogP contribution in [0.1, 0.15) is 12.0 Å². The number of hydrogen-bond donors (Lipinski definition) is 2. The molecular weight excluding hydrogens is 378 g/mol. The third kappa shape index (κ3) is 5.49. The smallest absolute Gasteiger partial charge is 0.191 e. The summed E-state index contributed by atoms with van der Waals surface area (Å²) >= 11 is 0. The van der Waals surface area contributed by atoms with Crippen molar-refractivity contribution in [2.75, 3.05) is 58.3 Å². The van der Waals surface area contributed by atoms with E-state index in [1.165, 1.54) is 11.3 Å². The Morgan fingerprint density at radius 2 is 1.87 bits per heavy atom. The highest BCUT2D eigenvalue weighted by Gasteiger charge is 2.24. The number of methoxy groups -OCH3 is 2. The van der Waals surface area contributed by atoms with Crippen LogP contribution in [0.3, 0.4) is 0 Å². The van der Waals surface area contributed by atoms with E-state index < -0.39 is 0 Å². The van der Waals surface area contributed by atoms with E-state index in [4.69, 9.17) is 9.47 Å². The average molecular weight is 412 g/mol. The van der Waals surface area contributed by atoms with Crippen LogP contribution in [0.15, 0.2) is 47.5 Å². The highest BCUT2D eigenvalue weighted by atomic mass is 16.5. The molecule has 1 atom stereocenters. The molecule has 0 radical (unpaired) electrons. The van der Waals surface area contributed by atoms with Crippen molar-refractivity contribution >= 4 is 17.3 Å². The highest BCUT2D eigenvalue weighted by molar-refractivity contribution is 5.80. The predicted molar refractivity (Wildman–Crippen MR) is 124 cm³/mol. The van der Waals surface area contributed by atoms with E-state index >= 15 is 0 Å². The van der Waals surface area contributed by atoms with Crippen molar-refractivity contribution in [2.24, 2.45) is 4.99 Å². The first-order valence-electron chi connectivity index (χ1n) is 10.2. The van der Waals surface area contributed by atoms with Crippen molar-refractivity contribution in [3.8, 4) is 11.5 Å². The first-order valence-corrected chi connectivity index (χ1v) is 10.2. The van der Waals surface area contributed by atoms with E-state index in [0.29, 0.717) is 6.04 Å². The zero-order chi connectivity index (χ0) is 21.5. The first kappa shape index (κ1) is 21.6. The molecule has 2 aromatic rings. The quantitative estimate of drug-likeness (QED) is 0.540. The molecule has 1 fully saturated rings. The molecule has 162 valence electrons. The maximum absolute atomic E-state index is 5.41. The van der Waals surface area contributed by atoms with E-state index in [1.54, 1.807) is 14.2 Å². The second-order valence-electron chi connectivity index (χ2n) is 7.64. The van der Waals surface area contributed by atoms with Crippen molar-refractivity contribution in [3.63, 3.8) is 0 Å². The van der Waals surface area contributed by atoms with Crippen LogP contribution in [0.4, 0.5) is 11.4 Å². The van der Waals surface area contributed by atoms with E-state index in [-0.39, 0.29) is 0 Å². The molecule has 0 amide bonds. The van der Waals surface area contributed by atoms with Gasteiger partial charge in [0.25, 0.3) is 0 Å². The van der Waals surface area contributed by atoms with E-state index in [2.05, 4.69) is 75.9 Å². The standard InChI is InChI=1S/C23H33N5O2/c1-24-23(25-15-17-7-6-8-19(11-17)27(2)3)26-18-9-10-28(16-18)20-12-21(29-4)14-22(13-20)30-5/h6-8,11-14,18H,9-10,15-16H2,1-5H3,(H2,24,25,26). The van der Waals surface area contributed by atoms with Crippen molar-refractivity contribution in [3.05, 3.63) is 48.0 Å². The highest BCUT2D eigenvalue weighted by Crippen LogP contribution is 2.30. The molecule has 1 aliphatic heterocycles. The molecule has 2 aromatic carbocycles. The second-order valence-corrected chi connectivity index (χ2v) is 7.64. The molecule has 0 aromatic heterocycles. The van der Waals surface area contributed by atoms with Gasteiger partial charge in [-0.25, -0.2) is 0 Å². The maximum atomic E-state index is 5.41. The van der Waals surface area contributed by atoms with Gasteiger partial charge in [-0.2, -0.15) is 0 Å².